The molecule has 0 radical (unpaired) electrons. The molecule has 1 aliphatic heterocycles. The Labute approximate surface area is 181 Å². The van der Waals surface area contributed by atoms with E-state index in [2.05, 4.69) is 0 Å². The van der Waals surface area contributed by atoms with Crippen LogP contribution in [0.1, 0.15) is 36.1 Å². The van der Waals surface area contributed by atoms with Gasteiger partial charge in [-0.15, -0.1) is 0 Å². The first-order valence-electron chi connectivity index (χ1n) is 10.4. The van der Waals surface area contributed by atoms with Crippen molar-refractivity contribution in [2.45, 2.75) is 44.0 Å². The van der Waals surface area contributed by atoms with Crippen LogP contribution < -0.4 is 0 Å². The maximum absolute atomic E-state index is 14.0. The number of hydrogen-bond acceptors (Lipinski definition) is 3. The predicted molar refractivity (Wildman–Crippen MR) is 116 cm³/mol. The fourth-order valence-corrected chi connectivity index (χ4v) is 5.95. The number of fused-ring (bicyclic) bond motifs is 1. The van der Waals surface area contributed by atoms with Gasteiger partial charge in [0.15, 0.2) is 0 Å². The quantitative estimate of drug-likeness (QED) is 0.625. The van der Waals surface area contributed by atoms with Gasteiger partial charge in [-0.05, 0) is 67.6 Å². The van der Waals surface area contributed by atoms with Gasteiger partial charge in [-0.3, -0.25) is 4.79 Å². The molecule has 164 valence electrons. The number of halogens is 1. The highest BCUT2D eigenvalue weighted by Crippen LogP contribution is 2.30. The number of benzene rings is 2. The number of rotatable bonds is 6. The summed E-state index contributed by atoms with van der Waals surface area (Å²) >= 11 is 0. The molecule has 0 atom stereocenters. The predicted octanol–water partition coefficient (Wildman–Crippen LogP) is 3.94. The van der Waals surface area contributed by atoms with Crippen LogP contribution in [0.5, 0.6) is 0 Å². The lowest BCUT2D eigenvalue weighted by atomic mass is 10.0. The largest absolute Gasteiger partial charge is 0.480 e. The molecule has 1 fully saturated rings. The molecular weight excluding hydrogens is 419 g/mol. The van der Waals surface area contributed by atoms with Gasteiger partial charge in [-0.25, -0.2) is 12.8 Å². The molecule has 2 aromatic carbocycles. The van der Waals surface area contributed by atoms with Crippen LogP contribution in [0.15, 0.2) is 47.4 Å². The third-order valence-electron chi connectivity index (χ3n) is 5.94. The van der Waals surface area contributed by atoms with Gasteiger partial charge in [0.2, 0.25) is 10.0 Å². The van der Waals surface area contributed by atoms with E-state index >= 15 is 0 Å². The third-order valence-corrected chi connectivity index (χ3v) is 7.84. The Morgan fingerprint density at radius 3 is 2.55 bits per heavy atom. The van der Waals surface area contributed by atoms with E-state index in [-0.39, 0.29) is 11.4 Å². The van der Waals surface area contributed by atoms with Gasteiger partial charge in [0.05, 0.1) is 4.90 Å². The Morgan fingerprint density at radius 2 is 1.84 bits per heavy atom. The Hall–Kier alpha value is -2.71. The van der Waals surface area contributed by atoms with Gasteiger partial charge in [0.25, 0.3) is 0 Å². The van der Waals surface area contributed by atoms with Crippen molar-refractivity contribution in [1.82, 2.24) is 8.87 Å². The summed E-state index contributed by atoms with van der Waals surface area (Å²) in [7, 11) is -3.56. The lowest BCUT2D eigenvalue weighted by molar-refractivity contribution is -0.137. The number of sulfonamides is 1. The molecule has 1 aromatic heterocycles. The Kier molecular flexibility index (Phi) is 5.85. The molecule has 8 heteroatoms. The molecular formula is C23H25FN2O4S. The number of nitrogens with zero attached hydrogens (tertiary/aromatic N) is 2. The minimum atomic E-state index is -3.56. The molecule has 0 amide bonds. The van der Waals surface area contributed by atoms with Crippen LogP contribution in [-0.2, 0) is 27.8 Å². The van der Waals surface area contributed by atoms with Gasteiger partial charge in [-0.2, -0.15) is 4.31 Å². The summed E-state index contributed by atoms with van der Waals surface area (Å²) in [5.41, 5.74) is 2.95. The summed E-state index contributed by atoms with van der Waals surface area (Å²) < 4.78 is 43.3. The Balaban J connectivity index is 1.73. The number of aliphatic carboxylic acids is 1. The molecule has 31 heavy (non-hydrogen) atoms. The smallest absolute Gasteiger partial charge is 0.323 e. The normalized spacial score (nSPS) is 15.4. The van der Waals surface area contributed by atoms with E-state index in [0.717, 1.165) is 36.1 Å². The van der Waals surface area contributed by atoms with Crippen LogP contribution in [0.3, 0.4) is 0 Å². The molecule has 6 nitrogen and oxygen atoms in total. The van der Waals surface area contributed by atoms with Gasteiger partial charge >= 0.3 is 5.97 Å². The first kappa shape index (κ1) is 21.5. The highest BCUT2D eigenvalue weighted by molar-refractivity contribution is 7.89. The van der Waals surface area contributed by atoms with E-state index in [1.807, 2.05) is 13.0 Å². The number of carbonyl (C=O) groups is 1. The number of carboxylic acid groups (broad SMARTS) is 1. The molecule has 1 saturated heterocycles. The second kappa shape index (κ2) is 8.43. The maximum atomic E-state index is 14.0. The van der Waals surface area contributed by atoms with Crippen molar-refractivity contribution in [3.8, 4) is 0 Å². The molecule has 4 rings (SSSR count). The topological polar surface area (TPSA) is 79.6 Å². The van der Waals surface area contributed by atoms with E-state index in [0.29, 0.717) is 30.4 Å². The zero-order valence-electron chi connectivity index (χ0n) is 17.3. The minimum absolute atomic E-state index is 0.225. The van der Waals surface area contributed by atoms with Crippen LogP contribution in [0, 0.1) is 12.7 Å². The first-order chi connectivity index (χ1) is 14.8. The van der Waals surface area contributed by atoms with Crippen molar-refractivity contribution in [3.63, 3.8) is 0 Å². The molecule has 3 aromatic rings. The average Bonchev–Trinajstić information content (AvgIpc) is 2.99. The van der Waals surface area contributed by atoms with Crippen molar-refractivity contribution in [1.29, 1.82) is 0 Å². The lowest BCUT2D eigenvalue weighted by Crippen LogP contribution is -2.35. The molecule has 0 unspecified atom stereocenters. The van der Waals surface area contributed by atoms with Gasteiger partial charge < -0.3 is 9.67 Å². The zero-order valence-corrected chi connectivity index (χ0v) is 18.2. The highest BCUT2D eigenvalue weighted by Gasteiger charge is 2.26. The van der Waals surface area contributed by atoms with Crippen molar-refractivity contribution >= 4 is 26.9 Å². The van der Waals surface area contributed by atoms with E-state index < -0.39 is 21.8 Å². The van der Waals surface area contributed by atoms with Crippen molar-refractivity contribution in [2.24, 2.45) is 0 Å². The Bertz CT molecular complexity index is 1240. The molecule has 0 bridgehead atoms. The molecule has 1 N–H and O–H groups in total. The second-order valence-electron chi connectivity index (χ2n) is 7.99. The van der Waals surface area contributed by atoms with Gasteiger partial charge in [0.1, 0.15) is 12.4 Å². The van der Waals surface area contributed by atoms with Crippen molar-refractivity contribution < 1.29 is 22.7 Å². The van der Waals surface area contributed by atoms with E-state index in [1.165, 1.54) is 16.4 Å². The van der Waals surface area contributed by atoms with E-state index in [4.69, 9.17) is 0 Å². The maximum Gasteiger partial charge on any atom is 0.323 e. The summed E-state index contributed by atoms with van der Waals surface area (Å²) in [5, 5.41) is 9.93. The number of carboxylic acids is 1. The number of piperidine rings is 1. The highest BCUT2D eigenvalue weighted by atomic mass is 32.2. The third kappa shape index (κ3) is 4.22. The SMILES string of the molecule is Cc1c(Cc2cccc(S(=O)(=O)N3CCCCC3)c2)c2cc(F)ccc2n1CC(=O)O. The van der Waals surface area contributed by atoms with Crippen LogP contribution in [0.4, 0.5) is 4.39 Å². The summed E-state index contributed by atoms with van der Waals surface area (Å²) in [5.74, 6) is -1.38. The number of hydrogen-bond donors (Lipinski definition) is 1. The van der Waals surface area contributed by atoms with Gasteiger partial charge in [-0.1, -0.05) is 18.6 Å². The monoisotopic (exact) mass is 444 g/mol. The van der Waals surface area contributed by atoms with Gasteiger partial charge in [0, 0.05) is 29.7 Å². The van der Waals surface area contributed by atoms with E-state index in [1.54, 1.807) is 28.8 Å². The van der Waals surface area contributed by atoms with Crippen LogP contribution in [0.2, 0.25) is 0 Å². The Morgan fingerprint density at radius 1 is 1.10 bits per heavy atom. The van der Waals surface area contributed by atoms with Crippen molar-refractivity contribution in [2.75, 3.05) is 13.1 Å². The van der Waals surface area contributed by atoms with Crippen LogP contribution >= 0.6 is 0 Å². The second-order valence-corrected chi connectivity index (χ2v) is 9.93. The molecule has 0 aliphatic carbocycles. The van der Waals surface area contributed by atoms with Crippen molar-refractivity contribution in [3.05, 3.63) is 65.1 Å². The summed E-state index contributed by atoms with van der Waals surface area (Å²) in [6.45, 7) is 2.66. The zero-order chi connectivity index (χ0) is 22.2. The van der Waals surface area contributed by atoms with E-state index in [9.17, 15) is 22.7 Å². The van der Waals surface area contributed by atoms with Crippen LogP contribution in [-0.4, -0.2) is 41.5 Å². The summed E-state index contributed by atoms with van der Waals surface area (Å²) in [6, 6.07) is 11.1. The first-order valence-corrected chi connectivity index (χ1v) is 11.8. The minimum Gasteiger partial charge on any atom is -0.480 e. The number of aromatic nitrogens is 1. The summed E-state index contributed by atoms with van der Waals surface area (Å²) in [6.07, 6.45) is 3.16. The molecule has 0 saturated carbocycles. The lowest BCUT2D eigenvalue weighted by Gasteiger charge is -2.26. The molecule has 1 aliphatic rings. The van der Waals surface area contributed by atoms with Crippen LogP contribution in [0.25, 0.3) is 10.9 Å². The average molecular weight is 445 g/mol. The fraction of sp³-hybridized carbons (Fsp3) is 0.348. The standard InChI is InChI=1S/C23H25FN2O4S/c1-16-20(21-14-18(24)8-9-22(21)26(16)15-23(27)28)13-17-6-5-7-19(12-17)31(29,30)25-10-3-2-4-11-25/h5-9,12,14H,2-4,10-11,13,15H2,1H3,(H,27,28). The molecule has 0 spiro atoms. The molecule has 2 heterocycles. The summed E-state index contributed by atoms with van der Waals surface area (Å²) in [4.78, 5) is 11.6. The fourth-order valence-electron chi connectivity index (χ4n) is 4.36.